The number of furan rings is 1. The van der Waals surface area contributed by atoms with Crippen LogP contribution in [0.5, 0.6) is 5.75 Å². The zero-order valence-corrected chi connectivity index (χ0v) is 14.0. The van der Waals surface area contributed by atoms with Crippen molar-refractivity contribution in [1.82, 2.24) is 4.90 Å². The van der Waals surface area contributed by atoms with Crippen molar-refractivity contribution in [3.8, 4) is 5.75 Å². The van der Waals surface area contributed by atoms with Crippen molar-refractivity contribution in [2.24, 2.45) is 0 Å². The standard InChI is InChI=1S/C14H13Br2NO3/c1-17(14(18)12-6-8-20-13(12)16)7-9-19-11-4-2-10(15)3-5-11/h2-6,8H,7,9H2,1H3. The van der Waals surface area contributed by atoms with E-state index in [1.807, 2.05) is 24.3 Å². The highest BCUT2D eigenvalue weighted by Crippen LogP contribution is 2.19. The van der Waals surface area contributed by atoms with E-state index >= 15 is 0 Å². The van der Waals surface area contributed by atoms with Crippen LogP contribution in [0, 0.1) is 0 Å². The van der Waals surface area contributed by atoms with E-state index in [-0.39, 0.29) is 5.91 Å². The fourth-order valence-corrected chi connectivity index (χ4v) is 2.26. The third-order valence-corrected chi connectivity index (χ3v) is 3.85. The van der Waals surface area contributed by atoms with Gasteiger partial charge in [0, 0.05) is 11.5 Å². The van der Waals surface area contributed by atoms with Crippen molar-refractivity contribution < 1.29 is 13.9 Å². The molecule has 0 aliphatic rings. The van der Waals surface area contributed by atoms with Gasteiger partial charge >= 0.3 is 0 Å². The first-order valence-corrected chi connectivity index (χ1v) is 7.53. The number of rotatable bonds is 5. The predicted octanol–water partition coefficient (Wildman–Crippen LogP) is 3.96. The Kier molecular flexibility index (Phi) is 5.25. The molecule has 0 atom stereocenters. The number of nitrogens with zero attached hydrogens (tertiary/aromatic N) is 1. The number of halogens is 2. The van der Waals surface area contributed by atoms with Gasteiger partial charge in [-0.05, 0) is 46.3 Å². The molecule has 1 heterocycles. The largest absolute Gasteiger partial charge is 0.492 e. The van der Waals surface area contributed by atoms with E-state index in [0.29, 0.717) is 23.4 Å². The lowest BCUT2D eigenvalue weighted by molar-refractivity contribution is 0.0772. The molecule has 0 saturated heterocycles. The number of carbonyl (C=O) groups excluding carboxylic acids is 1. The third-order valence-electron chi connectivity index (χ3n) is 2.70. The predicted molar refractivity (Wildman–Crippen MR) is 83.0 cm³/mol. The lowest BCUT2D eigenvalue weighted by Gasteiger charge is -2.16. The lowest BCUT2D eigenvalue weighted by Crippen LogP contribution is -2.30. The molecule has 0 radical (unpaired) electrons. The van der Waals surface area contributed by atoms with Crippen molar-refractivity contribution in [2.45, 2.75) is 0 Å². The summed E-state index contributed by atoms with van der Waals surface area (Å²) in [6.07, 6.45) is 1.48. The number of likely N-dealkylation sites (N-methyl/N-ethyl adjacent to an activating group) is 1. The van der Waals surface area contributed by atoms with E-state index in [9.17, 15) is 4.79 Å². The van der Waals surface area contributed by atoms with Gasteiger partial charge in [0.25, 0.3) is 5.91 Å². The summed E-state index contributed by atoms with van der Waals surface area (Å²) in [5, 5.41) is 0. The van der Waals surface area contributed by atoms with Crippen LogP contribution in [0.2, 0.25) is 0 Å². The Labute approximate surface area is 134 Å². The summed E-state index contributed by atoms with van der Waals surface area (Å²) in [5.74, 6) is 0.670. The van der Waals surface area contributed by atoms with Crippen LogP contribution in [0.4, 0.5) is 0 Å². The van der Waals surface area contributed by atoms with E-state index in [0.717, 1.165) is 10.2 Å². The minimum Gasteiger partial charge on any atom is -0.492 e. The molecule has 0 unspecified atom stereocenters. The molecule has 20 heavy (non-hydrogen) atoms. The van der Waals surface area contributed by atoms with Crippen LogP contribution in [-0.2, 0) is 0 Å². The molecule has 4 nitrogen and oxygen atoms in total. The number of benzene rings is 1. The summed E-state index contributed by atoms with van der Waals surface area (Å²) in [6, 6.07) is 9.20. The first-order valence-electron chi connectivity index (χ1n) is 5.95. The van der Waals surface area contributed by atoms with Crippen LogP contribution in [-0.4, -0.2) is 31.0 Å². The van der Waals surface area contributed by atoms with E-state index < -0.39 is 0 Å². The van der Waals surface area contributed by atoms with Crippen LogP contribution in [0.25, 0.3) is 0 Å². The van der Waals surface area contributed by atoms with E-state index in [1.54, 1.807) is 18.0 Å². The lowest BCUT2D eigenvalue weighted by atomic mass is 10.3. The molecule has 0 aliphatic heterocycles. The highest BCUT2D eigenvalue weighted by Gasteiger charge is 2.16. The molecule has 2 rings (SSSR count). The fourth-order valence-electron chi connectivity index (χ4n) is 1.58. The van der Waals surface area contributed by atoms with E-state index in [2.05, 4.69) is 31.9 Å². The maximum absolute atomic E-state index is 12.1. The molecule has 0 aliphatic carbocycles. The molecule has 106 valence electrons. The van der Waals surface area contributed by atoms with Crippen LogP contribution >= 0.6 is 31.9 Å². The number of hydrogen-bond donors (Lipinski definition) is 0. The molecule has 1 aromatic heterocycles. The zero-order valence-electron chi connectivity index (χ0n) is 10.8. The van der Waals surface area contributed by atoms with Crippen LogP contribution < -0.4 is 4.74 Å². The SMILES string of the molecule is CN(CCOc1ccc(Br)cc1)C(=O)c1ccoc1Br. The third kappa shape index (κ3) is 3.86. The Morgan fingerprint density at radius 2 is 1.95 bits per heavy atom. The second-order valence-corrected chi connectivity index (χ2v) is 5.77. The zero-order chi connectivity index (χ0) is 14.5. The van der Waals surface area contributed by atoms with Gasteiger partial charge in [0.15, 0.2) is 4.67 Å². The average Bonchev–Trinajstić information content (AvgIpc) is 2.86. The molecule has 1 amide bonds. The van der Waals surface area contributed by atoms with E-state index in [4.69, 9.17) is 9.15 Å². The van der Waals surface area contributed by atoms with E-state index in [1.165, 1.54) is 6.26 Å². The molecule has 0 fully saturated rings. The highest BCUT2D eigenvalue weighted by molar-refractivity contribution is 9.10. The molecule has 1 aromatic carbocycles. The quantitative estimate of drug-likeness (QED) is 0.760. The Balaban J connectivity index is 1.83. The maximum Gasteiger partial charge on any atom is 0.258 e. The average molecular weight is 403 g/mol. The molecule has 0 bridgehead atoms. The van der Waals surface area contributed by atoms with Gasteiger partial charge in [0.2, 0.25) is 0 Å². The fraction of sp³-hybridized carbons (Fsp3) is 0.214. The number of amides is 1. The van der Waals surface area contributed by atoms with Crippen molar-refractivity contribution in [3.05, 3.63) is 51.3 Å². The van der Waals surface area contributed by atoms with Gasteiger partial charge in [-0.15, -0.1) is 0 Å². The molecular formula is C14H13Br2NO3. The summed E-state index contributed by atoms with van der Waals surface area (Å²) in [7, 11) is 1.73. The first-order chi connectivity index (χ1) is 9.58. The van der Waals surface area contributed by atoms with Crippen molar-refractivity contribution >= 4 is 37.8 Å². The Hall–Kier alpha value is -1.27. The van der Waals surface area contributed by atoms with Crippen molar-refractivity contribution in [2.75, 3.05) is 20.2 Å². The van der Waals surface area contributed by atoms with Gasteiger partial charge in [0.1, 0.15) is 12.4 Å². The summed E-state index contributed by atoms with van der Waals surface area (Å²) in [4.78, 5) is 13.7. The van der Waals surface area contributed by atoms with Gasteiger partial charge in [-0.2, -0.15) is 0 Å². The second kappa shape index (κ2) is 6.95. The summed E-state index contributed by atoms with van der Waals surface area (Å²) in [6.45, 7) is 0.922. The van der Waals surface area contributed by atoms with Gasteiger partial charge in [-0.3, -0.25) is 4.79 Å². The second-order valence-electron chi connectivity index (χ2n) is 4.14. The van der Waals surface area contributed by atoms with Crippen LogP contribution in [0.3, 0.4) is 0 Å². The number of carbonyl (C=O) groups is 1. The van der Waals surface area contributed by atoms with Crippen LogP contribution in [0.15, 0.2) is 50.2 Å². The summed E-state index contributed by atoms with van der Waals surface area (Å²) < 4.78 is 12.1. The minimum atomic E-state index is -0.106. The van der Waals surface area contributed by atoms with Crippen molar-refractivity contribution in [1.29, 1.82) is 0 Å². The maximum atomic E-state index is 12.1. The molecule has 0 N–H and O–H groups in total. The van der Waals surface area contributed by atoms with Gasteiger partial charge in [-0.1, -0.05) is 15.9 Å². The topological polar surface area (TPSA) is 42.7 Å². The molecule has 6 heteroatoms. The summed E-state index contributed by atoms with van der Waals surface area (Å²) >= 11 is 6.56. The Bertz CT molecular complexity index is 580. The van der Waals surface area contributed by atoms with Crippen LogP contribution in [0.1, 0.15) is 10.4 Å². The molecule has 0 saturated carbocycles. The number of hydrogen-bond acceptors (Lipinski definition) is 3. The van der Waals surface area contributed by atoms with Gasteiger partial charge < -0.3 is 14.1 Å². The summed E-state index contributed by atoms with van der Waals surface area (Å²) in [5.41, 5.74) is 0.510. The first kappa shape index (κ1) is 15.1. The molecule has 2 aromatic rings. The Morgan fingerprint density at radius 3 is 2.55 bits per heavy atom. The highest BCUT2D eigenvalue weighted by atomic mass is 79.9. The molecule has 0 spiro atoms. The normalized spacial score (nSPS) is 10.3. The van der Waals surface area contributed by atoms with Gasteiger partial charge in [0.05, 0.1) is 18.4 Å². The van der Waals surface area contributed by atoms with Crippen molar-refractivity contribution in [3.63, 3.8) is 0 Å². The monoisotopic (exact) mass is 401 g/mol. The number of ether oxygens (including phenoxy) is 1. The Morgan fingerprint density at radius 1 is 1.25 bits per heavy atom. The smallest absolute Gasteiger partial charge is 0.258 e. The van der Waals surface area contributed by atoms with Gasteiger partial charge in [-0.25, -0.2) is 0 Å². The minimum absolute atomic E-state index is 0.106. The molecular weight excluding hydrogens is 390 g/mol.